The fourth-order valence-electron chi connectivity index (χ4n) is 2.45. The fourth-order valence-corrected chi connectivity index (χ4v) is 3.65. The molecule has 90 valence electrons. The molecule has 3 rings (SSSR count). The van der Waals surface area contributed by atoms with Gasteiger partial charge in [-0.15, -0.1) is 0 Å². The van der Waals surface area contributed by atoms with Crippen molar-refractivity contribution in [1.82, 2.24) is 9.38 Å². The molecule has 1 aliphatic rings. The summed E-state index contributed by atoms with van der Waals surface area (Å²) in [6.07, 6.45) is 5.36. The van der Waals surface area contributed by atoms with Gasteiger partial charge in [-0.1, -0.05) is 6.07 Å². The number of aromatic nitrogens is 2. The first-order chi connectivity index (χ1) is 8.34. The second-order valence-corrected chi connectivity index (χ2v) is 5.80. The van der Waals surface area contributed by atoms with Crippen molar-refractivity contribution in [3.8, 4) is 5.88 Å². The minimum absolute atomic E-state index is 0.292. The van der Waals surface area contributed by atoms with Crippen LogP contribution < -0.4 is 0 Å². The van der Waals surface area contributed by atoms with Gasteiger partial charge in [0.25, 0.3) is 0 Å². The summed E-state index contributed by atoms with van der Waals surface area (Å²) in [5.41, 5.74) is 0.977. The Bertz CT molecular complexity index is 517. The molecular formula is C13H16N2OS. The zero-order chi connectivity index (χ0) is 11.7. The van der Waals surface area contributed by atoms with E-state index in [-0.39, 0.29) is 0 Å². The molecule has 0 amide bonds. The minimum atomic E-state index is 0.292. The van der Waals surface area contributed by atoms with Crippen LogP contribution in [-0.2, 0) is 6.42 Å². The van der Waals surface area contributed by atoms with Crippen LogP contribution in [0.25, 0.3) is 5.52 Å². The molecule has 0 atom stereocenters. The molecule has 1 saturated heterocycles. The first-order valence-corrected chi connectivity index (χ1v) is 7.22. The average molecular weight is 248 g/mol. The molecule has 2 aromatic heterocycles. The van der Waals surface area contributed by atoms with Crippen molar-refractivity contribution in [2.24, 2.45) is 5.92 Å². The molecule has 2 aromatic rings. The van der Waals surface area contributed by atoms with Crippen LogP contribution >= 0.6 is 11.8 Å². The first-order valence-electron chi connectivity index (χ1n) is 6.06. The van der Waals surface area contributed by atoms with Crippen LogP contribution in [0.3, 0.4) is 0 Å². The number of imidazole rings is 1. The molecule has 0 saturated carbocycles. The van der Waals surface area contributed by atoms with Crippen molar-refractivity contribution in [1.29, 1.82) is 0 Å². The van der Waals surface area contributed by atoms with Gasteiger partial charge in [-0.05, 0) is 42.4 Å². The Kier molecular flexibility index (Phi) is 2.97. The summed E-state index contributed by atoms with van der Waals surface area (Å²) in [6.45, 7) is 0. The predicted octanol–water partition coefficient (Wildman–Crippen LogP) is 2.73. The molecule has 17 heavy (non-hydrogen) atoms. The minimum Gasteiger partial charge on any atom is -0.494 e. The number of rotatable bonds is 2. The van der Waals surface area contributed by atoms with Crippen molar-refractivity contribution in [2.75, 3.05) is 11.5 Å². The molecule has 0 bridgehead atoms. The molecule has 0 unspecified atom stereocenters. The van der Waals surface area contributed by atoms with E-state index in [4.69, 9.17) is 0 Å². The van der Waals surface area contributed by atoms with Gasteiger partial charge in [-0.3, -0.25) is 4.40 Å². The van der Waals surface area contributed by atoms with E-state index in [9.17, 15) is 5.11 Å². The van der Waals surface area contributed by atoms with E-state index in [1.807, 2.05) is 34.5 Å². The normalized spacial score (nSPS) is 17.6. The van der Waals surface area contributed by atoms with Gasteiger partial charge < -0.3 is 5.11 Å². The molecule has 1 aliphatic heterocycles. The number of thioether (sulfide) groups is 1. The van der Waals surface area contributed by atoms with Crippen molar-refractivity contribution < 1.29 is 5.11 Å². The van der Waals surface area contributed by atoms with Crippen LogP contribution in [0.15, 0.2) is 24.4 Å². The highest BCUT2D eigenvalue weighted by molar-refractivity contribution is 7.99. The van der Waals surface area contributed by atoms with Gasteiger partial charge in [-0.2, -0.15) is 11.8 Å². The van der Waals surface area contributed by atoms with Gasteiger partial charge in [0.05, 0.1) is 11.7 Å². The lowest BCUT2D eigenvalue weighted by Gasteiger charge is -2.20. The average Bonchev–Trinajstić information content (AvgIpc) is 2.75. The van der Waals surface area contributed by atoms with E-state index in [1.54, 1.807) is 6.07 Å². The Balaban J connectivity index is 1.89. The van der Waals surface area contributed by atoms with E-state index in [1.165, 1.54) is 24.3 Å². The second kappa shape index (κ2) is 4.61. The van der Waals surface area contributed by atoms with E-state index >= 15 is 0 Å². The highest BCUT2D eigenvalue weighted by Crippen LogP contribution is 2.26. The SMILES string of the molecule is Oc1cccc2cnc(CC3CCSCC3)n12. The molecule has 3 heterocycles. The fraction of sp³-hybridized carbons (Fsp3) is 0.462. The third-order valence-corrected chi connectivity index (χ3v) is 4.46. The molecule has 3 nitrogen and oxygen atoms in total. The lowest BCUT2D eigenvalue weighted by Crippen LogP contribution is -2.13. The number of aromatic hydroxyl groups is 1. The lowest BCUT2D eigenvalue weighted by molar-refractivity contribution is 0.431. The van der Waals surface area contributed by atoms with Crippen molar-refractivity contribution >= 4 is 17.3 Å². The topological polar surface area (TPSA) is 37.5 Å². The summed E-state index contributed by atoms with van der Waals surface area (Å²) < 4.78 is 1.86. The monoisotopic (exact) mass is 248 g/mol. The van der Waals surface area contributed by atoms with Gasteiger partial charge in [0.1, 0.15) is 5.82 Å². The summed E-state index contributed by atoms with van der Waals surface area (Å²) in [7, 11) is 0. The molecule has 1 N–H and O–H groups in total. The first kappa shape index (κ1) is 11.0. The zero-order valence-electron chi connectivity index (χ0n) is 9.67. The van der Waals surface area contributed by atoms with Gasteiger partial charge in [0.2, 0.25) is 0 Å². The van der Waals surface area contributed by atoms with E-state index in [0.717, 1.165) is 23.7 Å². The maximum absolute atomic E-state index is 9.89. The van der Waals surface area contributed by atoms with Crippen LogP contribution in [0.4, 0.5) is 0 Å². The third kappa shape index (κ3) is 2.14. The van der Waals surface area contributed by atoms with Crippen LogP contribution in [-0.4, -0.2) is 26.0 Å². The van der Waals surface area contributed by atoms with Crippen LogP contribution in [0, 0.1) is 5.92 Å². The molecule has 1 fully saturated rings. The number of hydrogen-bond donors (Lipinski definition) is 1. The highest BCUT2D eigenvalue weighted by Gasteiger charge is 2.17. The summed E-state index contributed by atoms with van der Waals surface area (Å²) in [5, 5.41) is 9.89. The number of nitrogens with zero attached hydrogens (tertiary/aromatic N) is 2. The predicted molar refractivity (Wildman–Crippen MR) is 70.6 cm³/mol. The summed E-state index contributed by atoms with van der Waals surface area (Å²) in [5.74, 6) is 4.54. The van der Waals surface area contributed by atoms with E-state index in [0.29, 0.717) is 5.88 Å². The van der Waals surface area contributed by atoms with Crippen LogP contribution in [0.1, 0.15) is 18.7 Å². The molecule has 0 aromatic carbocycles. The summed E-state index contributed by atoms with van der Waals surface area (Å²) >= 11 is 2.04. The van der Waals surface area contributed by atoms with E-state index in [2.05, 4.69) is 4.98 Å². The highest BCUT2D eigenvalue weighted by atomic mass is 32.2. The Morgan fingerprint density at radius 3 is 3.00 bits per heavy atom. The largest absolute Gasteiger partial charge is 0.494 e. The van der Waals surface area contributed by atoms with Gasteiger partial charge in [0, 0.05) is 6.42 Å². The molecule has 4 heteroatoms. The van der Waals surface area contributed by atoms with Crippen LogP contribution in [0.2, 0.25) is 0 Å². The molecule has 0 spiro atoms. The molecule has 0 radical (unpaired) electrons. The third-order valence-electron chi connectivity index (χ3n) is 3.42. The molecular weight excluding hydrogens is 232 g/mol. The summed E-state index contributed by atoms with van der Waals surface area (Å²) in [6, 6.07) is 5.55. The Labute approximate surface area is 105 Å². The second-order valence-electron chi connectivity index (χ2n) is 4.58. The quantitative estimate of drug-likeness (QED) is 0.888. The van der Waals surface area contributed by atoms with Crippen molar-refractivity contribution in [2.45, 2.75) is 19.3 Å². The Morgan fingerprint density at radius 1 is 1.35 bits per heavy atom. The number of pyridine rings is 1. The molecule has 0 aliphatic carbocycles. The van der Waals surface area contributed by atoms with Crippen molar-refractivity contribution in [3.63, 3.8) is 0 Å². The maximum atomic E-state index is 9.89. The maximum Gasteiger partial charge on any atom is 0.197 e. The Hall–Kier alpha value is -1.16. The van der Waals surface area contributed by atoms with Crippen LogP contribution in [0.5, 0.6) is 5.88 Å². The number of fused-ring (bicyclic) bond motifs is 1. The zero-order valence-corrected chi connectivity index (χ0v) is 10.5. The standard InChI is InChI=1S/C13H16N2OS/c16-13-3-1-2-11-9-14-12(15(11)13)8-10-4-6-17-7-5-10/h1-3,9-10,16H,4-8H2. The van der Waals surface area contributed by atoms with Gasteiger partial charge >= 0.3 is 0 Å². The number of hydrogen-bond acceptors (Lipinski definition) is 3. The summed E-state index contributed by atoms with van der Waals surface area (Å²) in [4.78, 5) is 4.45. The smallest absolute Gasteiger partial charge is 0.197 e. The van der Waals surface area contributed by atoms with Gasteiger partial charge in [-0.25, -0.2) is 4.98 Å². The van der Waals surface area contributed by atoms with Gasteiger partial charge in [0.15, 0.2) is 5.88 Å². The Morgan fingerprint density at radius 2 is 2.18 bits per heavy atom. The lowest BCUT2D eigenvalue weighted by atomic mass is 9.98. The van der Waals surface area contributed by atoms with Crippen molar-refractivity contribution in [3.05, 3.63) is 30.2 Å². The van der Waals surface area contributed by atoms with E-state index < -0.39 is 0 Å².